The van der Waals surface area contributed by atoms with Gasteiger partial charge in [0.25, 0.3) is 0 Å². The van der Waals surface area contributed by atoms with Gasteiger partial charge in [-0.3, -0.25) is 9.59 Å². The van der Waals surface area contributed by atoms with E-state index in [1.54, 1.807) is 0 Å². The lowest BCUT2D eigenvalue weighted by molar-refractivity contribution is -0.137. The zero-order chi connectivity index (χ0) is 20.1. The number of carboxylic acid groups (broad SMARTS) is 1. The smallest absolute Gasteiger partial charge is 0.303 e. The molecule has 4 unspecified atom stereocenters. The van der Waals surface area contributed by atoms with E-state index in [9.17, 15) is 14.7 Å². The summed E-state index contributed by atoms with van der Waals surface area (Å²) in [4.78, 5) is 22.9. The molecular formula is C23H36O4. The third-order valence-electron chi connectivity index (χ3n) is 5.31. The number of carbonyl (C=O) groups excluding carboxylic acids is 1. The zero-order valence-electron chi connectivity index (χ0n) is 16.8. The van der Waals surface area contributed by atoms with E-state index >= 15 is 0 Å². The summed E-state index contributed by atoms with van der Waals surface area (Å²) >= 11 is 0. The number of unbranched alkanes of at least 4 members (excludes halogenated alkanes) is 2. The standard InChI is InChI=1S/C23H36O4/c1-3-5-9-12-19(24)15-16-20-18(4-2)17-22(25)21(20)13-10-7-6-8-11-14-23(26)27/h5,7,9-10,15-16,18-21,24H,3-4,6,8,11-14,17H2,1-2H3,(H,26,27)/b9-5-,10-7+,16-15-. The Kier molecular flexibility index (Phi) is 11.7. The lowest BCUT2D eigenvalue weighted by Gasteiger charge is -2.19. The minimum Gasteiger partial charge on any atom is -0.481 e. The summed E-state index contributed by atoms with van der Waals surface area (Å²) in [5.41, 5.74) is 0. The predicted octanol–water partition coefficient (Wildman–Crippen LogP) is 5.08. The van der Waals surface area contributed by atoms with E-state index in [1.165, 1.54) is 0 Å². The molecular weight excluding hydrogens is 340 g/mol. The molecule has 0 saturated heterocycles. The van der Waals surface area contributed by atoms with Gasteiger partial charge in [-0.05, 0) is 50.4 Å². The van der Waals surface area contributed by atoms with Crippen LogP contribution in [0.4, 0.5) is 0 Å². The highest BCUT2D eigenvalue weighted by atomic mass is 16.4. The molecule has 1 aliphatic rings. The van der Waals surface area contributed by atoms with Crippen molar-refractivity contribution in [3.63, 3.8) is 0 Å². The van der Waals surface area contributed by atoms with Crippen molar-refractivity contribution in [1.29, 1.82) is 0 Å². The van der Waals surface area contributed by atoms with Crippen LogP contribution < -0.4 is 0 Å². The lowest BCUT2D eigenvalue weighted by atomic mass is 9.85. The molecule has 0 aromatic rings. The second-order valence-corrected chi connectivity index (χ2v) is 7.44. The highest BCUT2D eigenvalue weighted by Gasteiger charge is 2.38. The lowest BCUT2D eigenvalue weighted by Crippen LogP contribution is -2.16. The van der Waals surface area contributed by atoms with Crippen molar-refractivity contribution in [3.8, 4) is 0 Å². The first kappa shape index (κ1) is 23.4. The number of aliphatic hydroxyl groups is 1. The maximum atomic E-state index is 12.4. The fourth-order valence-corrected chi connectivity index (χ4v) is 3.72. The van der Waals surface area contributed by atoms with Crippen LogP contribution in [0.3, 0.4) is 0 Å². The first-order valence-electron chi connectivity index (χ1n) is 10.4. The van der Waals surface area contributed by atoms with Crippen LogP contribution in [-0.4, -0.2) is 28.1 Å². The van der Waals surface area contributed by atoms with Gasteiger partial charge in [-0.1, -0.05) is 56.7 Å². The number of carbonyl (C=O) groups is 2. The molecule has 0 heterocycles. The Morgan fingerprint density at radius 2 is 1.96 bits per heavy atom. The molecule has 0 aromatic heterocycles. The van der Waals surface area contributed by atoms with Crippen molar-refractivity contribution in [2.24, 2.45) is 17.8 Å². The Hall–Kier alpha value is -1.68. The summed E-state index contributed by atoms with van der Waals surface area (Å²) in [6.07, 6.45) is 18.2. The summed E-state index contributed by atoms with van der Waals surface area (Å²) < 4.78 is 0. The number of hydrogen-bond donors (Lipinski definition) is 2. The van der Waals surface area contributed by atoms with Crippen LogP contribution >= 0.6 is 0 Å². The first-order chi connectivity index (χ1) is 13.0. The van der Waals surface area contributed by atoms with Gasteiger partial charge in [0.15, 0.2) is 0 Å². The summed E-state index contributed by atoms with van der Waals surface area (Å²) in [7, 11) is 0. The van der Waals surface area contributed by atoms with Gasteiger partial charge in [-0.25, -0.2) is 0 Å². The molecule has 0 radical (unpaired) electrons. The molecule has 1 fully saturated rings. The molecule has 0 aromatic carbocycles. The highest BCUT2D eigenvalue weighted by Crippen LogP contribution is 2.39. The van der Waals surface area contributed by atoms with Crippen molar-refractivity contribution >= 4 is 11.8 Å². The van der Waals surface area contributed by atoms with Gasteiger partial charge < -0.3 is 10.2 Å². The number of carboxylic acids is 1. The average Bonchev–Trinajstić information content (AvgIpc) is 2.94. The van der Waals surface area contributed by atoms with Gasteiger partial charge in [0.05, 0.1) is 6.10 Å². The molecule has 4 heteroatoms. The SMILES string of the molecule is CC/C=C\CC(O)/C=C\C1C(CC)CC(=O)C1C/C=C/CCCCC(=O)O. The number of rotatable bonds is 13. The number of ketones is 1. The summed E-state index contributed by atoms with van der Waals surface area (Å²) in [5, 5.41) is 18.7. The van der Waals surface area contributed by atoms with Crippen molar-refractivity contribution < 1.29 is 19.8 Å². The normalized spacial score (nSPS) is 24.6. The van der Waals surface area contributed by atoms with E-state index in [-0.39, 0.29) is 18.3 Å². The van der Waals surface area contributed by atoms with E-state index in [0.29, 0.717) is 31.0 Å². The van der Waals surface area contributed by atoms with Gasteiger partial charge in [0.1, 0.15) is 5.78 Å². The number of Topliss-reactive ketones (excluding diaryl/α,β-unsaturated/α-hetero) is 1. The van der Waals surface area contributed by atoms with Crippen molar-refractivity contribution in [2.45, 2.75) is 77.7 Å². The summed E-state index contributed by atoms with van der Waals surface area (Å²) in [6.45, 7) is 4.19. The van der Waals surface area contributed by atoms with Crippen LogP contribution in [0.5, 0.6) is 0 Å². The Balaban J connectivity index is 2.55. The van der Waals surface area contributed by atoms with Crippen molar-refractivity contribution in [1.82, 2.24) is 0 Å². The fourth-order valence-electron chi connectivity index (χ4n) is 3.72. The number of aliphatic carboxylic acids is 1. The van der Waals surface area contributed by atoms with Crippen LogP contribution in [0.25, 0.3) is 0 Å². The molecule has 27 heavy (non-hydrogen) atoms. The fraction of sp³-hybridized carbons (Fsp3) is 0.652. The Labute approximate surface area is 164 Å². The van der Waals surface area contributed by atoms with Gasteiger partial charge in [-0.15, -0.1) is 0 Å². The van der Waals surface area contributed by atoms with E-state index < -0.39 is 12.1 Å². The second-order valence-electron chi connectivity index (χ2n) is 7.44. The molecule has 0 amide bonds. The Morgan fingerprint density at radius 3 is 2.63 bits per heavy atom. The Bertz CT molecular complexity index is 532. The summed E-state index contributed by atoms with van der Waals surface area (Å²) in [5.74, 6) is 0.139. The molecule has 1 saturated carbocycles. The van der Waals surface area contributed by atoms with Crippen molar-refractivity contribution in [2.75, 3.05) is 0 Å². The second kappa shape index (κ2) is 13.5. The first-order valence-corrected chi connectivity index (χ1v) is 10.4. The predicted molar refractivity (Wildman–Crippen MR) is 109 cm³/mol. The number of hydrogen-bond acceptors (Lipinski definition) is 3. The topological polar surface area (TPSA) is 74.6 Å². The van der Waals surface area contributed by atoms with Crippen LogP contribution in [0.15, 0.2) is 36.5 Å². The third kappa shape index (κ3) is 9.18. The van der Waals surface area contributed by atoms with Crippen LogP contribution in [0.2, 0.25) is 0 Å². The molecule has 4 atom stereocenters. The minimum atomic E-state index is -0.747. The van der Waals surface area contributed by atoms with Crippen LogP contribution in [-0.2, 0) is 9.59 Å². The van der Waals surface area contributed by atoms with Gasteiger partial charge >= 0.3 is 5.97 Å². The minimum absolute atomic E-state index is 0.000136. The van der Waals surface area contributed by atoms with Gasteiger partial charge in [0, 0.05) is 18.8 Å². The molecule has 0 spiro atoms. The van der Waals surface area contributed by atoms with Crippen LogP contribution in [0, 0.1) is 17.8 Å². The van der Waals surface area contributed by atoms with E-state index in [1.807, 2.05) is 12.2 Å². The monoisotopic (exact) mass is 376 g/mol. The molecule has 4 nitrogen and oxygen atoms in total. The van der Waals surface area contributed by atoms with E-state index in [0.717, 1.165) is 32.1 Å². The maximum Gasteiger partial charge on any atom is 0.303 e. The molecule has 1 aliphatic carbocycles. The van der Waals surface area contributed by atoms with E-state index in [4.69, 9.17) is 5.11 Å². The third-order valence-corrected chi connectivity index (χ3v) is 5.31. The van der Waals surface area contributed by atoms with Gasteiger partial charge in [-0.2, -0.15) is 0 Å². The van der Waals surface area contributed by atoms with Gasteiger partial charge in [0.2, 0.25) is 0 Å². The average molecular weight is 377 g/mol. The molecule has 0 aliphatic heterocycles. The van der Waals surface area contributed by atoms with Crippen LogP contribution in [0.1, 0.15) is 71.6 Å². The zero-order valence-corrected chi connectivity index (χ0v) is 16.8. The molecule has 2 N–H and O–H groups in total. The molecule has 0 bridgehead atoms. The largest absolute Gasteiger partial charge is 0.481 e. The van der Waals surface area contributed by atoms with E-state index in [2.05, 4.69) is 38.2 Å². The number of allylic oxidation sites excluding steroid dienone is 4. The maximum absolute atomic E-state index is 12.4. The quantitative estimate of drug-likeness (QED) is 0.347. The van der Waals surface area contributed by atoms with Crippen molar-refractivity contribution in [3.05, 3.63) is 36.5 Å². The summed E-state index contributed by atoms with van der Waals surface area (Å²) in [6, 6.07) is 0. The highest BCUT2D eigenvalue weighted by molar-refractivity contribution is 5.84. The molecule has 1 rings (SSSR count). The number of aliphatic hydroxyl groups excluding tert-OH is 1. The molecule has 152 valence electrons. The Morgan fingerprint density at radius 1 is 1.19 bits per heavy atom.